The number of anilines is 1. The van der Waals surface area contributed by atoms with Gasteiger partial charge in [0.25, 0.3) is 5.91 Å². The van der Waals surface area contributed by atoms with Crippen molar-refractivity contribution in [3.63, 3.8) is 0 Å². The molecule has 0 atom stereocenters. The molecular formula is C19H23N3O4. The Morgan fingerprint density at radius 3 is 2.31 bits per heavy atom. The third-order valence-corrected chi connectivity index (χ3v) is 3.76. The Bertz CT molecular complexity index is 738. The first-order valence-electron chi connectivity index (χ1n) is 8.06. The van der Waals surface area contributed by atoms with Gasteiger partial charge in [-0.1, -0.05) is 12.1 Å². The molecular weight excluding hydrogens is 334 g/mol. The Morgan fingerprint density at radius 2 is 1.77 bits per heavy atom. The summed E-state index contributed by atoms with van der Waals surface area (Å²) < 4.78 is 10.3. The molecule has 0 aliphatic heterocycles. The van der Waals surface area contributed by atoms with Gasteiger partial charge in [0.2, 0.25) is 0 Å². The lowest BCUT2D eigenvalue weighted by atomic mass is 10.2. The number of carbonyl (C=O) groups is 1. The lowest BCUT2D eigenvalue weighted by Gasteiger charge is -2.17. The molecule has 0 fully saturated rings. The highest BCUT2D eigenvalue weighted by molar-refractivity contribution is 5.95. The molecule has 2 N–H and O–H groups in total. The summed E-state index contributed by atoms with van der Waals surface area (Å²) in [5, 5.41) is 12.9. The number of hydrazone groups is 1. The van der Waals surface area contributed by atoms with Crippen LogP contribution in [-0.4, -0.2) is 51.6 Å². The summed E-state index contributed by atoms with van der Waals surface area (Å²) in [6.07, 6.45) is 1.56. The van der Waals surface area contributed by atoms with E-state index in [1.807, 2.05) is 36.2 Å². The van der Waals surface area contributed by atoms with Crippen LogP contribution < -0.4 is 19.8 Å². The lowest BCUT2D eigenvalue weighted by Crippen LogP contribution is -2.20. The first-order chi connectivity index (χ1) is 12.6. The second-order valence-corrected chi connectivity index (χ2v) is 5.54. The van der Waals surface area contributed by atoms with Crippen LogP contribution >= 0.6 is 0 Å². The molecule has 0 heterocycles. The normalized spacial score (nSPS) is 10.6. The van der Waals surface area contributed by atoms with Crippen LogP contribution in [0.25, 0.3) is 0 Å². The van der Waals surface area contributed by atoms with Gasteiger partial charge >= 0.3 is 0 Å². The fraction of sp³-hybridized carbons (Fsp3) is 0.263. The Hall–Kier alpha value is -3.06. The quantitative estimate of drug-likeness (QED) is 0.557. The number of methoxy groups -OCH3 is 2. The van der Waals surface area contributed by atoms with E-state index in [0.29, 0.717) is 23.6 Å². The van der Waals surface area contributed by atoms with E-state index in [9.17, 15) is 4.79 Å². The zero-order chi connectivity index (χ0) is 18.9. The zero-order valence-electron chi connectivity index (χ0n) is 15.1. The van der Waals surface area contributed by atoms with E-state index in [1.165, 1.54) is 14.2 Å². The van der Waals surface area contributed by atoms with Crippen LogP contribution in [0.3, 0.4) is 0 Å². The molecule has 0 bridgehead atoms. The molecule has 2 aromatic rings. The molecule has 2 aromatic carbocycles. The molecule has 0 radical (unpaired) electrons. The molecule has 2 rings (SSSR count). The number of aliphatic hydroxyl groups is 1. The van der Waals surface area contributed by atoms with Crippen molar-refractivity contribution in [2.75, 3.05) is 39.3 Å². The minimum absolute atomic E-state index is 0.0980. The molecule has 0 unspecified atom stereocenters. The van der Waals surface area contributed by atoms with Crippen LogP contribution in [0.1, 0.15) is 15.9 Å². The number of nitrogens with one attached hydrogen (secondary N) is 1. The highest BCUT2D eigenvalue weighted by Crippen LogP contribution is 2.22. The van der Waals surface area contributed by atoms with Gasteiger partial charge in [0.05, 0.1) is 27.0 Å². The fourth-order valence-electron chi connectivity index (χ4n) is 2.26. The number of likely N-dealkylation sites (N-methyl/N-ethyl adjacent to an activating group) is 1. The molecule has 26 heavy (non-hydrogen) atoms. The minimum Gasteiger partial charge on any atom is -0.497 e. The molecule has 0 aliphatic carbocycles. The van der Waals surface area contributed by atoms with Gasteiger partial charge in [0.1, 0.15) is 11.5 Å². The summed E-state index contributed by atoms with van der Waals surface area (Å²) >= 11 is 0. The van der Waals surface area contributed by atoms with E-state index in [4.69, 9.17) is 14.6 Å². The van der Waals surface area contributed by atoms with E-state index in [2.05, 4.69) is 10.5 Å². The number of rotatable bonds is 8. The molecule has 0 aromatic heterocycles. The maximum Gasteiger partial charge on any atom is 0.271 e. The number of hydrogen-bond acceptors (Lipinski definition) is 6. The topological polar surface area (TPSA) is 83.4 Å². The Kier molecular flexibility index (Phi) is 6.99. The molecule has 0 saturated heterocycles. The van der Waals surface area contributed by atoms with Crippen LogP contribution in [0.4, 0.5) is 5.69 Å². The van der Waals surface area contributed by atoms with Gasteiger partial charge in [-0.3, -0.25) is 4.79 Å². The van der Waals surface area contributed by atoms with Gasteiger partial charge in [-0.15, -0.1) is 0 Å². The van der Waals surface area contributed by atoms with Crippen molar-refractivity contribution in [3.05, 3.63) is 53.6 Å². The van der Waals surface area contributed by atoms with Crippen LogP contribution in [0.5, 0.6) is 11.5 Å². The second-order valence-electron chi connectivity index (χ2n) is 5.54. The molecule has 7 nitrogen and oxygen atoms in total. The van der Waals surface area contributed by atoms with Crippen LogP contribution in [0.2, 0.25) is 0 Å². The van der Waals surface area contributed by atoms with E-state index >= 15 is 0 Å². The van der Waals surface area contributed by atoms with Gasteiger partial charge in [0.15, 0.2) is 0 Å². The van der Waals surface area contributed by atoms with E-state index in [-0.39, 0.29) is 12.5 Å². The minimum atomic E-state index is -0.363. The number of ether oxygens (including phenoxy) is 2. The summed E-state index contributed by atoms with van der Waals surface area (Å²) in [5.41, 5.74) is 4.70. The number of carbonyl (C=O) groups excluding carboxylic acids is 1. The smallest absolute Gasteiger partial charge is 0.271 e. The van der Waals surface area contributed by atoms with Crippen molar-refractivity contribution in [1.82, 2.24) is 5.43 Å². The summed E-state index contributed by atoms with van der Waals surface area (Å²) in [6, 6.07) is 12.5. The first kappa shape index (κ1) is 19.3. The monoisotopic (exact) mass is 357 g/mol. The first-order valence-corrected chi connectivity index (χ1v) is 8.06. The standard InChI is InChI=1S/C19H23N3O4/c1-22(8-9-23)16-6-4-14(5-7-16)13-20-21-19(24)15-10-17(25-2)12-18(11-15)26-3/h4-7,10-13,23H,8-9H2,1-3H3,(H,21,24)/b20-13+. The molecule has 0 aliphatic rings. The maximum absolute atomic E-state index is 12.2. The average Bonchev–Trinajstić information content (AvgIpc) is 2.68. The third kappa shape index (κ3) is 5.22. The molecule has 0 spiro atoms. The third-order valence-electron chi connectivity index (χ3n) is 3.76. The fourth-order valence-corrected chi connectivity index (χ4v) is 2.26. The Balaban J connectivity index is 2.00. The molecule has 1 amide bonds. The highest BCUT2D eigenvalue weighted by Gasteiger charge is 2.09. The van der Waals surface area contributed by atoms with Gasteiger partial charge in [-0.2, -0.15) is 5.10 Å². The SMILES string of the molecule is COc1cc(OC)cc(C(=O)N/N=C/c2ccc(N(C)CCO)cc2)c1. The van der Waals surface area contributed by atoms with Crippen molar-refractivity contribution in [2.24, 2.45) is 5.10 Å². The van der Waals surface area contributed by atoms with Gasteiger partial charge in [0, 0.05) is 30.9 Å². The van der Waals surface area contributed by atoms with Crippen molar-refractivity contribution in [3.8, 4) is 11.5 Å². The van der Waals surface area contributed by atoms with E-state index < -0.39 is 0 Å². The van der Waals surface area contributed by atoms with Gasteiger partial charge in [-0.05, 0) is 29.8 Å². The number of aliphatic hydroxyl groups excluding tert-OH is 1. The maximum atomic E-state index is 12.2. The predicted octanol–water partition coefficient (Wildman–Crippen LogP) is 1.90. The molecule has 138 valence electrons. The van der Waals surface area contributed by atoms with Gasteiger partial charge < -0.3 is 19.5 Å². The van der Waals surface area contributed by atoms with Crippen molar-refractivity contribution in [1.29, 1.82) is 0 Å². The molecule has 0 saturated carbocycles. The van der Waals surface area contributed by atoms with Crippen LogP contribution in [0.15, 0.2) is 47.6 Å². The van der Waals surface area contributed by atoms with Crippen molar-refractivity contribution < 1.29 is 19.4 Å². The summed E-state index contributed by atoms with van der Waals surface area (Å²) in [4.78, 5) is 14.2. The summed E-state index contributed by atoms with van der Waals surface area (Å²) in [5.74, 6) is 0.694. The second kappa shape index (κ2) is 9.43. The number of amides is 1. The lowest BCUT2D eigenvalue weighted by molar-refractivity contribution is 0.0954. The van der Waals surface area contributed by atoms with Crippen LogP contribution in [-0.2, 0) is 0 Å². The Morgan fingerprint density at radius 1 is 1.15 bits per heavy atom. The summed E-state index contributed by atoms with van der Waals surface area (Å²) in [7, 11) is 4.95. The average molecular weight is 357 g/mol. The number of benzene rings is 2. The zero-order valence-corrected chi connectivity index (χ0v) is 15.1. The summed E-state index contributed by atoms with van der Waals surface area (Å²) in [6.45, 7) is 0.661. The van der Waals surface area contributed by atoms with Crippen molar-refractivity contribution >= 4 is 17.8 Å². The molecule has 7 heteroatoms. The van der Waals surface area contributed by atoms with E-state index in [0.717, 1.165) is 11.3 Å². The highest BCUT2D eigenvalue weighted by atomic mass is 16.5. The largest absolute Gasteiger partial charge is 0.497 e. The number of hydrogen-bond donors (Lipinski definition) is 2. The van der Waals surface area contributed by atoms with E-state index in [1.54, 1.807) is 24.4 Å². The van der Waals surface area contributed by atoms with Crippen LogP contribution in [0, 0.1) is 0 Å². The van der Waals surface area contributed by atoms with Crippen molar-refractivity contribution in [2.45, 2.75) is 0 Å². The predicted molar refractivity (Wildman–Crippen MR) is 101 cm³/mol. The number of nitrogens with zero attached hydrogens (tertiary/aromatic N) is 2. The van der Waals surface area contributed by atoms with Gasteiger partial charge in [-0.25, -0.2) is 5.43 Å². The Labute approximate surface area is 152 Å².